The van der Waals surface area contributed by atoms with Gasteiger partial charge in [0.2, 0.25) is 35.4 Å². The van der Waals surface area contributed by atoms with Gasteiger partial charge < -0.3 is 25.3 Å². The molecule has 12 nitrogen and oxygen atoms in total. The maximum absolute atomic E-state index is 13.3. The zero-order valence-electron chi connectivity index (χ0n) is 21.1. The Labute approximate surface area is 205 Å². The maximum atomic E-state index is 13.3. The monoisotopic (exact) mass is 491 g/mol. The number of nitrogens with one attached hydrogen (secondary N) is 4. The van der Waals surface area contributed by atoms with Crippen LogP contribution in [0, 0.1) is 5.92 Å². The second-order valence-electron chi connectivity index (χ2n) is 9.72. The highest BCUT2D eigenvalue weighted by Gasteiger charge is 2.38. The number of rotatable bonds is 3. The summed E-state index contributed by atoms with van der Waals surface area (Å²) in [4.78, 5) is 53.3. The molecular formula is C23H37N7O5. The zero-order valence-corrected chi connectivity index (χ0v) is 21.1. The van der Waals surface area contributed by atoms with Gasteiger partial charge in [0, 0.05) is 6.54 Å². The summed E-state index contributed by atoms with van der Waals surface area (Å²) in [5, 5.41) is 19.5. The minimum absolute atomic E-state index is 0.126. The van der Waals surface area contributed by atoms with Gasteiger partial charge in [-0.2, -0.15) is 0 Å². The molecule has 0 radical (unpaired) electrons. The molecule has 3 heterocycles. The van der Waals surface area contributed by atoms with E-state index < -0.39 is 36.0 Å². The summed E-state index contributed by atoms with van der Waals surface area (Å²) in [6, 6.07) is -3.03. The van der Waals surface area contributed by atoms with E-state index in [4.69, 9.17) is 4.42 Å². The van der Waals surface area contributed by atoms with Gasteiger partial charge in [-0.15, -0.1) is 10.2 Å². The van der Waals surface area contributed by atoms with Crippen LogP contribution in [0.5, 0.6) is 0 Å². The van der Waals surface area contributed by atoms with Crippen molar-refractivity contribution in [2.45, 2.75) is 90.5 Å². The van der Waals surface area contributed by atoms with Crippen LogP contribution in [-0.4, -0.2) is 69.9 Å². The van der Waals surface area contributed by atoms with Crippen LogP contribution in [0.4, 0.5) is 0 Å². The van der Waals surface area contributed by atoms with E-state index in [1.54, 1.807) is 18.7 Å². The second-order valence-corrected chi connectivity index (χ2v) is 9.72. The Bertz CT molecular complexity index is 933. The van der Waals surface area contributed by atoms with Crippen LogP contribution in [-0.2, 0) is 19.2 Å². The van der Waals surface area contributed by atoms with Crippen molar-refractivity contribution in [2.24, 2.45) is 5.92 Å². The lowest BCUT2D eigenvalue weighted by Gasteiger charge is -2.30. The lowest BCUT2D eigenvalue weighted by atomic mass is 10.0. The molecule has 2 aliphatic rings. The third-order valence-electron chi connectivity index (χ3n) is 6.33. The first-order valence-corrected chi connectivity index (χ1v) is 12.4. The van der Waals surface area contributed by atoms with Crippen molar-refractivity contribution >= 4 is 23.6 Å². The number of carbonyl (C=O) groups is 4. The highest BCUT2D eigenvalue weighted by atomic mass is 16.4. The van der Waals surface area contributed by atoms with Gasteiger partial charge in [-0.05, 0) is 45.4 Å². The average Bonchev–Trinajstić information content (AvgIpc) is 3.49. The predicted octanol–water partition coefficient (Wildman–Crippen LogP) is 0.328. The number of hydrogen-bond donors (Lipinski definition) is 4. The largest absolute Gasteiger partial charge is 0.421 e. The smallest absolute Gasteiger partial charge is 0.243 e. The lowest BCUT2D eigenvalue weighted by molar-refractivity contribution is -0.141. The molecule has 3 rings (SSSR count). The topological polar surface area (TPSA) is 159 Å². The minimum Gasteiger partial charge on any atom is -0.421 e. The first kappa shape index (κ1) is 26.6. The summed E-state index contributed by atoms with van der Waals surface area (Å²) in [5.41, 5.74) is 0. The molecule has 1 saturated heterocycles. The quantitative estimate of drug-likeness (QED) is 0.471. The molecule has 5 atom stereocenters. The van der Waals surface area contributed by atoms with Crippen LogP contribution in [0.1, 0.15) is 84.2 Å². The van der Waals surface area contributed by atoms with Crippen LogP contribution in [0.3, 0.4) is 0 Å². The molecular weight excluding hydrogens is 454 g/mol. The molecule has 194 valence electrons. The fraction of sp³-hybridized carbons (Fsp3) is 0.739. The number of amides is 4. The van der Waals surface area contributed by atoms with E-state index >= 15 is 0 Å². The van der Waals surface area contributed by atoms with Gasteiger partial charge in [-0.25, -0.2) is 0 Å². The Balaban J connectivity index is 1.89. The van der Waals surface area contributed by atoms with Crippen molar-refractivity contribution in [2.75, 3.05) is 13.1 Å². The summed E-state index contributed by atoms with van der Waals surface area (Å²) < 4.78 is 5.79. The third kappa shape index (κ3) is 6.56. The minimum atomic E-state index is -0.817. The van der Waals surface area contributed by atoms with Crippen LogP contribution in [0.2, 0.25) is 0 Å². The van der Waals surface area contributed by atoms with E-state index in [9.17, 15) is 19.2 Å². The Morgan fingerprint density at radius 3 is 2.40 bits per heavy atom. The van der Waals surface area contributed by atoms with Crippen molar-refractivity contribution in [3.8, 4) is 0 Å². The van der Waals surface area contributed by atoms with Crippen molar-refractivity contribution in [1.82, 2.24) is 36.4 Å². The Kier molecular flexibility index (Phi) is 8.82. The van der Waals surface area contributed by atoms with Gasteiger partial charge in [0.05, 0.1) is 18.6 Å². The van der Waals surface area contributed by atoms with E-state index in [1.165, 1.54) is 0 Å². The van der Waals surface area contributed by atoms with Crippen molar-refractivity contribution in [3.63, 3.8) is 0 Å². The molecule has 1 unspecified atom stereocenters. The molecule has 2 bridgehead atoms. The molecule has 1 fully saturated rings. The van der Waals surface area contributed by atoms with Crippen LogP contribution >= 0.6 is 0 Å². The molecule has 4 amide bonds. The molecule has 0 aliphatic carbocycles. The van der Waals surface area contributed by atoms with Crippen molar-refractivity contribution in [1.29, 1.82) is 0 Å². The fourth-order valence-electron chi connectivity index (χ4n) is 4.47. The van der Waals surface area contributed by atoms with Crippen molar-refractivity contribution in [3.05, 3.63) is 11.8 Å². The molecule has 0 spiro atoms. The highest BCUT2D eigenvalue weighted by molar-refractivity contribution is 5.94. The Hall–Kier alpha value is -3.02. The molecule has 4 N–H and O–H groups in total. The maximum Gasteiger partial charge on any atom is 0.243 e. The SMILES string of the molecule is CCC1N[C@@H](C)C(=O)N2CCC[C@H]2C(=O)N[C@@H](CC(C)C)C(=O)NCC(=O)N[C@@H](C)c2nnc1o2. The lowest BCUT2D eigenvalue weighted by Crippen LogP contribution is -2.56. The van der Waals surface area contributed by atoms with E-state index in [1.807, 2.05) is 20.8 Å². The van der Waals surface area contributed by atoms with Gasteiger partial charge in [0.25, 0.3) is 0 Å². The summed E-state index contributed by atoms with van der Waals surface area (Å²) in [6.45, 7) is 9.46. The first-order valence-electron chi connectivity index (χ1n) is 12.4. The zero-order chi connectivity index (χ0) is 25.7. The summed E-state index contributed by atoms with van der Waals surface area (Å²) >= 11 is 0. The number of fused-ring (bicyclic) bond motifs is 3. The second kappa shape index (κ2) is 11.6. The van der Waals surface area contributed by atoms with E-state index in [0.29, 0.717) is 38.1 Å². The van der Waals surface area contributed by atoms with Gasteiger partial charge >= 0.3 is 0 Å². The van der Waals surface area contributed by atoms with E-state index in [-0.39, 0.29) is 36.2 Å². The van der Waals surface area contributed by atoms with E-state index in [2.05, 4.69) is 31.5 Å². The summed E-state index contributed by atoms with van der Waals surface area (Å²) in [7, 11) is 0. The van der Waals surface area contributed by atoms with E-state index in [0.717, 1.165) is 0 Å². The number of hydrogen-bond acceptors (Lipinski definition) is 8. The molecule has 1 aromatic rings. The summed E-state index contributed by atoms with van der Waals surface area (Å²) in [6.07, 6.45) is 2.20. The number of nitrogens with zero attached hydrogens (tertiary/aromatic N) is 3. The molecule has 0 aromatic carbocycles. The Morgan fingerprint density at radius 1 is 1.00 bits per heavy atom. The van der Waals surface area contributed by atoms with Gasteiger partial charge in [-0.1, -0.05) is 20.8 Å². The fourth-order valence-corrected chi connectivity index (χ4v) is 4.47. The third-order valence-corrected chi connectivity index (χ3v) is 6.33. The molecule has 1 aromatic heterocycles. The molecule has 0 saturated carbocycles. The van der Waals surface area contributed by atoms with Crippen LogP contribution in [0.15, 0.2) is 4.42 Å². The van der Waals surface area contributed by atoms with Gasteiger partial charge in [0.15, 0.2) is 0 Å². The molecule has 12 heteroatoms. The van der Waals surface area contributed by atoms with Crippen LogP contribution in [0.25, 0.3) is 0 Å². The average molecular weight is 492 g/mol. The predicted molar refractivity (Wildman–Crippen MR) is 126 cm³/mol. The van der Waals surface area contributed by atoms with Gasteiger partial charge in [0.1, 0.15) is 18.1 Å². The van der Waals surface area contributed by atoms with Crippen LogP contribution < -0.4 is 21.3 Å². The molecule has 35 heavy (non-hydrogen) atoms. The van der Waals surface area contributed by atoms with Gasteiger partial charge in [-0.3, -0.25) is 24.5 Å². The van der Waals surface area contributed by atoms with Crippen molar-refractivity contribution < 1.29 is 23.6 Å². The molecule has 2 aliphatic heterocycles. The highest BCUT2D eigenvalue weighted by Crippen LogP contribution is 2.22. The number of aromatic nitrogens is 2. The standard InChI is InChI=1S/C23H37N7O5/c1-6-15-22-29-28-21(35-22)13(4)26-18(31)11-24-19(32)16(10-12(2)3)27-20(33)17-8-7-9-30(17)23(34)14(5)25-15/h12-17,25H,6-11H2,1-5H3,(H,24,32)(H,26,31)(H,27,33)/t13-,14-,15?,16-,17-/m0/s1. The summed E-state index contributed by atoms with van der Waals surface area (Å²) in [5.74, 6) is -0.778. The number of carbonyl (C=O) groups excluding carboxylic acids is 4. The Morgan fingerprint density at radius 2 is 1.71 bits per heavy atom. The first-order chi connectivity index (χ1) is 16.6. The normalized spacial score (nSPS) is 29.2.